The molecule has 2 rings (SSSR count). The lowest BCUT2D eigenvalue weighted by Gasteiger charge is -2.26. The van der Waals surface area contributed by atoms with E-state index in [0.29, 0.717) is 5.88 Å². The average Bonchev–Trinajstić information content (AvgIpc) is 2.32. The molecule has 1 saturated carbocycles. The van der Waals surface area contributed by atoms with E-state index in [1.807, 2.05) is 0 Å². The van der Waals surface area contributed by atoms with Crippen molar-refractivity contribution in [3.8, 4) is 11.6 Å². The van der Waals surface area contributed by atoms with Crippen LogP contribution in [0, 0.1) is 5.92 Å². The van der Waals surface area contributed by atoms with Gasteiger partial charge in [0.15, 0.2) is 0 Å². The van der Waals surface area contributed by atoms with Crippen molar-refractivity contribution >= 4 is 0 Å². The maximum atomic E-state index is 12.1. The molecule has 1 aromatic rings. The number of ether oxygens (including phenoxy) is 2. The van der Waals surface area contributed by atoms with Crippen LogP contribution in [-0.4, -0.2) is 17.7 Å². The molecule has 0 aromatic carbocycles. The van der Waals surface area contributed by atoms with Crippen molar-refractivity contribution in [3.05, 3.63) is 18.3 Å². The molecule has 18 heavy (non-hydrogen) atoms. The Balaban J connectivity index is 1.92. The molecule has 0 spiro atoms. The molecule has 0 bridgehead atoms. The summed E-state index contributed by atoms with van der Waals surface area (Å²) in [4.78, 5) is 4.01. The fourth-order valence-corrected chi connectivity index (χ4v) is 2.15. The molecule has 0 atom stereocenters. The monoisotopic (exact) mass is 257 g/mol. The lowest BCUT2D eigenvalue weighted by atomic mass is 9.89. The first kappa shape index (κ1) is 13.1. The van der Waals surface area contributed by atoms with Crippen molar-refractivity contribution in [1.29, 1.82) is 0 Å². The summed E-state index contributed by atoms with van der Waals surface area (Å²) in [5.74, 6) is 1.18. The number of pyridine rings is 1. The summed E-state index contributed by atoms with van der Waals surface area (Å²) in [7, 11) is 0. The van der Waals surface area contributed by atoms with Gasteiger partial charge in [0.2, 0.25) is 5.88 Å². The molecule has 1 aromatic heterocycles. The van der Waals surface area contributed by atoms with E-state index in [2.05, 4.69) is 16.6 Å². The molecule has 3 nitrogen and oxygen atoms in total. The van der Waals surface area contributed by atoms with Crippen LogP contribution in [0.3, 0.4) is 0 Å². The Kier molecular flexibility index (Phi) is 4.33. The normalized spacial score (nSPS) is 24.0. The van der Waals surface area contributed by atoms with Crippen molar-refractivity contribution in [3.63, 3.8) is 0 Å². The van der Waals surface area contributed by atoms with Crippen LogP contribution in [0.25, 0.3) is 0 Å². The molecular formula is C13H17F2NO2. The fourth-order valence-electron chi connectivity index (χ4n) is 2.15. The molecule has 100 valence electrons. The standard InChI is InChI=1S/C13H17F2NO2/c1-9-2-4-10(5-3-9)17-12-8-11(6-7-16-12)18-13(14)15/h6-10,13H,2-5H2,1H3. The largest absolute Gasteiger partial charge is 0.474 e. The molecule has 5 heteroatoms. The van der Waals surface area contributed by atoms with Crippen molar-refractivity contribution in [2.75, 3.05) is 0 Å². The molecule has 0 radical (unpaired) electrons. The second-order valence-corrected chi connectivity index (χ2v) is 4.71. The Bertz CT molecular complexity index is 379. The van der Waals surface area contributed by atoms with Gasteiger partial charge >= 0.3 is 6.61 Å². The summed E-state index contributed by atoms with van der Waals surface area (Å²) in [6.07, 6.45) is 5.80. The summed E-state index contributed by atoms with van der Waals surface area (Å²) in [5, 5.41) is 0. The van der Waals surface area contributed by atoms with Gasteiger partial charge < -0.3 is 9.47 Å². The zero-order valence-corrected chi connectivity index (χ0v) is 10.3. The number of nitrogens with zero attached hydrogens (tertiary/aromatic N) is 1. The van der Waals surface area contributed by atoms with Crippen molar-refractivity contribution < 1.29 is 18.3 Å². The first-order valence-electron chi connectivity index (χ1n) is 6.21. The molecule has 1 fully saturated rings. The second kappa shape index (κ2) is 5.98. The van der Waals surface area contributed by atoms with Gasteiger partial charge in [0.25, 0.3) is 0 Å². The topological polar surface area (TPSA) is 31.4 Å². The summed E-state index contributed by atoms with van der Waals surface area (Å²) in [5.41, 5.74) is 0. The van der Waals surface area contributed by atoms with Crippen molar-refractivity contribution in [2.24, 2.45) is 5.92 Å². The van der Waals surface area contributed by atoms with Gasteiger partial charge in [0.1, 0.15) is 11.9 Å². The van der Waals surface area contributed by atoms with Crippen LogP contribution in [0.1, 0.15) is 32.6 Å². The molecule has 0 N–H and O–H groups in total. The van der Waals surface area contributed by atoms with E-state index in [-0.39, 0.29) is 11.9 Å². The quantitative estimate of drug-likeness (QED) is 0.825. The van der Waals surface area contributed by atoms with Gasteiger partial charge in [0.05, 0.1) is 0 Å². The first-order valence-corrected chi connectivity index (χ1v) is 6.21. The summed E-state index contributed by atoms with van der Waals surface area (Å²) < 4.78 is 34.1. The minimum atomic E-state index is -2.82. The Morgan fingerprint density at radius 1 is 1.28 bits per heavy atom. The summed E-state index contributed by atoms with van der Waals surface area (Å²) in [6.45, 7) is -0.596. The van der Waals surface area contributed by atoms with E-state index in [9.17, 15) is 8.78 Å². The van der Waals surface area contributed by atoms with Gasteiger partial charge in [-0.25, -0.2) is 4.98 Å². The SMILES string of the molecule is CC1CCC(Oc2cc(OC(F)F)ccn2)CC1. The predicted octanol–water partition coefficient (Wildman–Crippen LogP) is 3.64. The third-order valence-electron chi connectivity index (χ3n) is 3.18. The number of alkyl halides is 2. The Morgan fingerprint density at radius 2 is 2.00 bits per heavy atom. The van der Waals surface area contributed by atoms with Crippen LogP contribution in [0.5, 0.6) is 11.6 Å². The van der Waals surface area contributed by atoms with Crippen LogP contribution < -0.4 is 9.47 Å². The Morgan fingerprint density at radius 3 is 2.67 bits per heavy atom. The average molecular weight is 257 g/mol. The zero-order chi connectivity index (χ0) is 13.0. The van der Waals surface area contributed by atoms with E-state index in [1.54, 1.807) is 0 Å². The molecule has 0 saturated heterocycles. The van der Waals surface area contributed by atoms with Crippen molar-refractivity contribution in [1.82, 2.24) is 4.98 Å². The van der Waals surface area contributed by atoms with E-state index in [1.165, 1.54) is 18.3 Å². The van der Waals surface area contributed by atoms with Gasteiger partial charge in [0, 0.05) is 12.3 Å². The molecule has 0 unspecified atom stereocenters. The minimum absolute atomic E-state index is 0.0826. The third-order valence-corrected chi connectivity index (χ3v) is 3.18. The van der Waals surface area contributed by atoms with Crippen LogP contribution in [-0.2, 0) is 0 Å². The van der Waals surface area contributed by atoms with Gasteiger partial charge in [-0.3, -0.25) is 0 Å². The summed E-state index contributed by atoms with van der Waals surface area (Å²) in [6, 6.07) is 2.80. The highest BCUT2D eigenvalue weighted by Gasteiger charge is 2.20. The molecule has 1 aliphatic rings. The lowest BCUT2D eigenvalue weighted by Crippen LogP contribution is -2.23. The van der Waals surface area contributed by atoms with Crippen LogP contribution in [0.4, 0.5) is 8.78 Å². The van der Waals surface area contributed by atoms with E-state index in [0.717, 1.165) is 31.6 Å². The van der Waals surface area contributed by atoms with Gasteiger partial charge in [-0.05, 0) is 37.7 Å². The fraction of sp³-hybridized carbons (Fsp3) is 0.615. The van der Waals surface area contributed by atoms with E-state index < -0.39 is 6.61 Å². The van der Waals surface area contributed by atoms with Gasteiger partial charge in [-0.2, -0.15) is 8.78 Å². The molecule has 1 heterocycles. The second-order valence-electron chi connectivity index (χ2n) is 4.71. The highest BCUT2D eigenvalue weighted by Crippen LogP contribution is 2.27. The van der Waals surface area contributed by atoms with Gasteiger partial charge in [-0.15, -0.1) is 0 Å². The van der Waals surface area contributed by atoms with Crippen LogP contribution >= 0.6 is 0 Å². The van der Waals surface area contributed by atoms with E-state index >= 15 is 0 Å². The zero-order valence-electron chi connectivity index (χ0n) is 10.3. The number of aromatic nitrogens is 1. The Hall–Kier alpha value is -1.39. The van der Waals surface area contributed by atoms with Crippen molar-refractivity contribution in [2.45, 2.75) is 45.3 Å². The molecular weight excluding hydrogens is 240 g/mol. The lowest BCUT2D eigenvalue weighted by molar-refractivity contribution is -0.0500. The Labute approximate surface area is 105 Å². The smallest absolute Gasteiger partial charge is 0.387 e. The van der Waals surface area contributed by atoms with E-state index in [4.69, 9.17) is 4.74 Å². The molecule has 1 aliphatic carbocycles. The van der Waals surface area contributed by atoms with Crippen LogP contribution in [0.2, 0.25) is 0 Å². The number of hydrogen-bond acceptors (Lipinski definition) is 3. The minimum Gasteiger partial charge on any atom is -0.474 e. The molecule has 0 aliphatic heterocycles. The third kappa shape index (κ3) is 3.82. The number of halogens is 2. The maximum Gasteiger partial charge on any atom is 0.387 e. The van der Waals surface area contributed by atoms with Crippen LogP contribution in [0.15, 0.2) is 18.3 Å². The number of hydrogen-bond donors (Lipinski definition) is 0. The first-order chi connectivity index (χ1) is 8.63. The highest BCUT2D eigenvalue weighted by atomic mass is 19.3. The summed E-state index contributed by atoms with van der Waals surface area (Å²) >= 11 is 0. The highest BCUT2D eigenvalue weighted by molar-refractivity contribution is 5.26. The maximum absolute atomic E-state index is 12.1. The predicted molar refractivity (Wildman–Crippen MR) is 62.9 cm³/mol. The molecule has 0 amide bonds. The van der Waals surface area contributed by atoms with Gasteiger partial charge in [-0.1, -0.05) is 6.92 Å². The number of rotatable bonds is 4.